The third kappa shape index (κ3) is 5.50. The fourth-order valence-electron chi connectivity index (χ4n) is 4.10. The zero-order valence-electron chi connectivity index (χ0n) is 18.1. The quantitative estimate of drug-likeness (QED) is 0.348. The highest BCUT2D eigenvalue weighted by atomic mass is 127. The molecule has 0 radical (unpaired) electrons. The number of piperidine rings is 1. The fourth-order valence-corrected chi connectivity index (χ4v) is 4.10. The van der Waals surface area contributed by atoms with Gasteiger partial charge in [-0.25, -0.2) is 0 Å². The van der Waals surface area contributed by atoms with Crippen LogP contribution in [0.1, 0.15) is 30.4 Å². The van der Waals surface area contributed by atoms with Gasteiger partial charge in [0.05, 0.1) is 14.2 Å². The summed E-state index contributed by atoms with van der Waals surface area (Å²) in [6.07, 6.45) is 1.10. The third-order valence-electron chi connectivity index (χ3n) is 5.63. The standard InChI is InChI=1S/C23H31N3O3.HI/c1-16-15-26(11-10-19(16)18-8-6-5-7-9-18)23(24-2)25-14-17-12-20(28-3)22(27)21(13-17)29-4;/h5-9,12-13,16,19,27H,10-11,14-15H2,1-4H3,(H,24,25);1H. The van der Waals surface area contributed by atoms with Gasteiger partial charge in [-0.3, -0.25) is 4.99 Å². The molecule has 0 aromatic heterocycles. The van der Waals surface area contributed by atoms with Gasteiger partial charge in [0.2, 0.25) is 5.75 Å². The van der Waals surface area contributed by atoms with Gasteiger partial charge < -0.3 is 24.8 Å². The van der Waals surface area contributed by atoms with E-state index in [1.54, 1.807) is 0 Å². The van der Waals surface area contributed by atoms with Crippen molar-refractivity contribution in [3.05, 3.63) is 53.6 Å². The van der Waals surface area contributed by atoms with E-state index < -0.39 is 0 Å². The number of likely N-dealkylation sites (tertiary alicyclic amines) is 1. The Morgan fingerprint density at radius 1 is 1.17 bits per heavy atom. The van der Waals surface area contributed by atoms with Gasteiger partial charge in [0.1, 0.15) is 0 Å². The molecule has 0 spiro atoms. The van der Waals surface area contributed by atoms with Gasteiger partial charge in [0.15, 0.2) is 17.5 Å². The van der Waals surface area contributed by atoms with Crippen molar-refractivity contribution in [3.8, 4) is 17.2 Å². The Hall–Kier alpha value is -2.16. The number of nitrogens with one attached hydrogen (secondary N) is 1. The van der Waals surface area contributed by atoms with E-state index in [1.807, 2.05) is 19.2 Å². The molecule has 1 fully saturated rings. The lowest BCUT2D eigenvalue weighted by Crippen LogP contribution is -2.47. The maximum Gasteiger partial charge on any atom is 0.200 e. The number of nitrogens with zero attached hydrogens (tertiary/aromatic N) is 2. The Morgan fingerprint density at radius 3 is 2.33 bits per heavy atom. The first-order chi connectivity index (χ1) is 14.1. The molecule has 0 aliphatic carbocycles. The lowest BCUT2D eigenvalue weighted by Gasteiger charge is -2.39. The topological polar surface area (TPSA) is 66.3 Å². The van der Waals surface area contributed by atoms with Gasteiger partial charge in [-0.2, -0.15) is 0 Å². The van der Waals surface area contributed by atoms with Crippen molar-refractivity contribution < 1.29 is 14.6 Å². The van der Waals surface area contributed by atoms with Crippen LogP contribution in [0.25, 0.3) is 0 Å². The van der Waals surface area contributed by atoms with Gasteiger partial charge in [-0.05, 0) is 41.5 Å². The first kappa shape index (κ1) is 24.1. The summed E-state index contributed by atoms with van der Waals surface area (Å²) in [4.78, 5) is 6.80. The summed E-state index contributed by atoms with van der Waals surface area (Å²) in [6.45, 7) is 4.80. The SMILES string of the molecule is CN=C(NCc1cc(OC)c(O)c(OC)c1)N1CCC(c2ccccc2)C(C)C1.I. The van der Waals surface area contributed by atoms with Gasteiger partial charge in [-0.1, -0.05) is 37.3 Å². The van der Waals surface area contributed by atoms with Crippen molar-refractivity contribution in [1.29, 1.82) is 0 Å². The van der Waals surface area contributed by atoms with Crippen LogP contribution in [0.5, 0.6) is 17.2 Å². The molecule has 1 saturated heterocycles. The average molecular weight is 525 g/mol. The molecule has 3 rings (SSSR count). The van der Waals surface area contributed by atoms with E-state index in [4.69, 9.17) is 9.47 Å². The van der Waals surface area contributed by atoms with Crippen molar-refractivity contribution in [2.45, 2.75) is 25.8 Å². The molecular weight excluding hydrogens is 493 g/mol. The van der Waals surface area contributed by atoms with Crippen molar-refractivity contribution in [1.82, 2.24) is 10.2 Å². The highest BCUT2D eigenvalue weighted by Crippen LogP contribution is 2.37. The van der Waals surface area contributed by atoms with E-state index in [0.29, 0.717) is 29.9 Å². The number of guanidine groups is 1. The second-order valence-electron chi connectivity index (χ2n) is 7.48. The van der Waals surface area contributed by atoms with Crippen LogP contribution < -0.4 is 14.8 Å². The van der Waals surface area contributed by atoms with E-state index >= 15 is 0 Å². The van der Waals surface area contributed by atoms with Crippen LogP contribution in [0.3, 0.4) is 0 Å². The lowest BCUT2D eigenvalue weighted by atomic mass is 9.82. The number of rotatable bonds is 5. The van der Waals surface area contributed by atoms with Crippen LogP contribution >= 0.6 is 24.0 Å². The summed E-state index contributed by atoms with van der Waals surface area (Å²) in [5.41, 5.74) is 2.37. The molecule has 7 heteroatoms. The van der Waals surface area contributed by atoms with Gasteiger partial charge in [0, 0.05) is 26.7 Å². The van der Waals surface area contributed by atoms with E-state index in [2.05, 4.69) is 52.5 Å². The molecule has 1 aliphatic heterocycles. The molecule has 0 saturated carbocycles. The summed E-state index contributed by atoms with van der Waals surface area (Å²) < 4.78 is 10.5. The van der Waals surface area contributed by atoms with E-state index in [-0.39, 0.29) is 29.7 Å². The van der Waals surface area contributed by atoms with Crippen LogP contribution in [0.4, 0.5) is 0 Å². The molecule has 2 N–H and O–H groups in total. The van der Waals surface area contributed by atoms with Crippen LogP contribution in [-0.4, -0.2) is 50.3 Å². The highest BCUT2D eigenvalue weighted by molar-refractivity contribution is 14.0. The summed E-state index contributed by atoms with van der Waals surface area (Å²) in [5.74, 6) is 2.81. The Morgan fingerprint density at radius 2 is 1.80 bits per heavy atom. The fraction of sp³-hybridized carbons (Fsp3) is 0.435. The largest absolute Gasteiger partial charge is 0.502 e. The molecular formula is C23H32IN3O3. The number of aliphatic imine (C=N–C) groups is 1. The maximum atomic E-state index is 10.1. The second-order valence-corrected chi connectivity index (χ2v) is 7.48. The Balaban J connectivity index is 0.00000320. The molecule has 1 heterocycles. The molecule has 2 aromatic rings. The average Bonchev–Trinajstić information content (AvgIpc) is 2.75. The number of methoxy groups -OCH3 is 2. The van der Waals surface area contributed by atoms with Crippen LogP contribution in [0.2, 0.25) is 0 Å². The molecule has 0 bridgehead atoms. The molecule has 2 aromatic carbocycles. The molecule has 2 atom stereocenters. The third-order valence-corrected chi connectivity index (χ3v) is 5.63. The molecule has 1 aliphatic rings. The smallest absolute Gasteiger partial charge is 0.200 e. The number of phenols is 1. The predicted molar refractivity (Wildman–Crippen MR) is 131 cm³/mol. The Bertz CT molecular complexity index is 820. The van der Waals surface area contributed by atoms with E-state index in [9.17, 15) is 5.11 Å². The van der Waals surface area contributed by atoms with Crippen molar-refractivity contribution in [3.63, 3.8) is 0 Å². The predicted octanol–water partition coefficient (Wildman–Crippen LogP) is 4.23. The van der Waals surface area contributed by atoms with Crippen LogP contribution in [0.15, 0.2) is 47.5 Å². The number of aromatic hydroxyl groups is 1. The lowest BCUT2D eigenvalue weighted by molar-refractivity contribution is 0.234. The number of ether oxygens (including phenoxy) is 2. The summed E-state index contributed by atoms with van der Waals surface area (Å²) in [6, 6.07) is 14.4. The summed E-state index contributed by atoms with van der Waals surface area (Å²) in [7, 11) is 4.88. The van der Waals surface area contributed by atoms with Gasteiger partial charge in [0.25, 0.3) is 0 Å². The summed E-state index contributed by atoms with van der Waals surface area (Å²) in [5, 5.41) is 13.5. The zero-order valence-corrected chi connectivity index (χ0v) is 20.4. The monoisotopic (exact) mass is 525 g/mol. The number of phenolic OH excluding ortho intramolecular Hbond substituents is 1. The van der Waals surface area contributed by atoms with Crippen molar-refractivity contribution >= 4 is 29.9 Å². The molecule has 2 unspecified atom stereocenters. The first-order valence-corrected chi connectivity index (χ1v) is 10.0. The zero-order chi connectivity index (χ0) is 20.8. The minimum Gasteiger partial charge on any atom is -0.502 e. The number of hydrogen-bond acceptors (Lipinski definition) is 4. The van der Waals surface area contributed by atoms with E-state index in [1.165, 1.54) is 19.8 Å². The number of benzene rings is 2. The maximum absolute atomic E-state index is 10.1. The number of hydrogen-bond donors (Lipinski definition) is 2. The Kier molecular flexibility index (Phi) is 9.08. The minimum atomic E-state index is 0. The minimum absolute atomic E-state index is 0. The van der Waals surface area contributed by atoms with Gasteiger partial charge in [-0.15, -0.1) is 24.0 Å². The molecule has 164 valence electrons. The van der Waals surface area contributed by atoms with E-state index in [0.717, 1.165) is 31.0 Å². The molecule has 0 amide bonds. The summed E-state index contributed by atoms with van der Waals surface area (Å²) >= 11 is 0. The normalized spacial score (nSPS) is 19.1. The van der Waals surface area contributed by atoms with Crippen LogP contribution in [0, 0.1) is 5.92 Å². The second kappa shape index (κ2) is 11.3. The number of halogens is 1. The Labute approximate surface area is 196 Å². The molecule has 30 heavy (non-hydrogen) atoms. The van der Waals surface area contributed by atoms with Gasteiger partial charge >= 0.3 is 0 Å². The highest BCUT2D eigenvalue weighted by Gasteiger charge is 2.28. The first-order valence-electron chi connectivity index (χ1n) is 10.0. The van der Waals surface area contributed by atoms with Crippen molar-refractivity contribution in [2.75, 3.05) is 34.4 Å². The molecule has 6 nitrogen and oxygen atoms in total. The van der Waals surface area contributed by atoms with Crippen LogP contribution in [-0.2, 0) is 6.54 Å². The van der Waals surface area contributed by atoms with Crippen molar-refractivity contribution in [2.24, 2.45) is 10.9 Å².